The number of nitrogens with two attached hydrogens (primary N) is 1. The molecule has 21 heavy (non-hydrogen) atoms. The molecule has 1 aliphatic carbocycles. The monoisotopic (exact) mass is 345 g/mol. The van der Waals surface area contributed by atoms with Crippen molar-refractivity contribution in [1.29, 1.82) is 0 Å². The molecule has 0 atom stereocenters. The number of pyridine rings is 1. The first kappa shape index (κ1) is 14.1. The Bertz CT molecular complexity index is 656. The van der Waals surface area contributed by atoms with Gasteiger partial charge in [0.05, 0.1) is 22.3 Å². The number of aromatic nitrogens is 1. The first-order valence-electron chi connectivity index (χ1n) is 6.91. The van der Waals surface area contributed by atoms with Crippen LogP contribution >= 0.6 is 15.9 Å². The second kappa shape index (κ2) is 5.85. The molecule has 1 amide bonds. The number of hydrogen-bond donors (Lipinski definition) is 1. The van der Waals surface area contributed by atoms with Crippen LogP contribution in [0.5, 0.6) is 0 Å². The van der Waals surface area contributed by atoms with Gasteiger partial charge in [0.1, 0.15) is 0 Å². The molecular formula is C16H16BrN3O. The molecule has 1 saturated carbocycles. The molecule has 5 heteroatoms. The summed E-state index contributed by atoms with van der Waals surface area (Å²) in [6.45, 7) is 0.533. The molecule has 108 valence electrons. The maximum atomic E-state index is 12.8. The Labute approximate surface area is 132 Å². The Hall–Kier alpha value is -1.88. The summed E-state index contributed by atoms with van der Waals surface area (Å²) in [5.41, 5.74) is 7.96. The SMILES string of the molecule is Nc1cccc(C(=O)N(Cc2ccccn2)C2CC2)c1Br. The number of nitrogen functional groups attached to an aromatic ring is 1. The third-order valence-electron chi connectivity index (χ3n) is 3.57. The van der Waals surface area contributed by atoms with Crippen LogP contribution in [-0.4, -0.2) is 21.8 Å². The summed E-state index contributed by atoms with van der Waals surface area (Å²) in [6.07, 6.45) is 3.86. The Morgan fingerprint density at radius 2 is 2.10 bits per heavy atom. The number of carbonyl (C=O) groups excluding carboxylic acids is 1. The van der Waals surface area contributed by atoms with Gasteiger partial charge in [0.2, 0.25) is 0 Å². The van der Waals surface area contributed by atoms with Gasteiger partial charge in [-0.3, -0.25) is 9.78 Å². The number of halogens is 1. The lowest BCUT2D eigenvalue weighted by molar-refractivity contribution is 0.0727. The Balaban J connectivity index is 1.87. The molecule has 0 bridgehead atoms. The van der Waals surface area contributed by atoms with Crippen molar-refractivity contribution < 1.29 is 4.79 Å². The van der Waals surface area contributed by atoms with Gasteiger partial charge in [-0.25, -0.2) is 0 Å². The van der Waals surface area contributed by atoms with E-state index in [2.05, 4.69) is 20.9 Å². The molecule has 4 nitrogen and oxygen atoms in total. The second-order valence-corrected chi connectivity index (χ2v) is 5.99. The molecule has 2 aromatic rings. The molecule has 0 radical (unpaired) electrons. The molecule has 3 rings (SSSR count). The van der Waals surface area contributed by atoms with Crippen molar-refractivity contribution in [2.75, 3.05) is 5.73 Å². The van der Waals surface area contributed by atoms with Gasteiger partial charge in [0, 0.05) is 17.9 Å². The van der Waals surface area contributed by atoms with Gasteiger partial charge in [-0.1, -0.05) is 12.1 Å². The quantitative estimate of drug-likeness (QED) is 0.865. The summed E-state index contributed by atoms with van der Waals surface area (Å²) in [4.78, 5) is 19.0. The van der Waals surface area contributed by atoms with Gasteiger partial charge in [-0.2, -0.15) is 0 Å². The molecule has 1 aliphatic rings. The minimum absolute atomic E-state index is 0.00216. The molecule has 0 spiro atoms. The van der Waals surface area contributed by atoms with E-state index in [1.807, 2.05) is 23.1 Å². The average molecular weight is 346 g/mol. The number of anilines is 1. The minimum Gasteiger partial charge on any atom is -0.398 e. The van der Waals surface area contributed by atoms with Gasteiger partial charge in [-0.05, 0) is 53.0 Å². The molecule has 0 saturated heterocycles. The van der Waals surface area contributed by atoms with Gasteiger partial charge in [0.25, 0.3) is 5.91 Å². The molecule has 1 fully saturated rings. The largest absolute Gasteiger partial charge is 0.398 e. The zero-order valence-electron chi connectivity index (χ0n) is 11.5. The summed E-state index contributed by atoms with van der Waals surface area (Å²) in [7, 11) is 0. The van der Waals surface area contributed by atoms with Crippen molar-refractivity contribution in [2.24, 2.45) is 0 Å². The molecule has 2 N–H and O–H groups in total. The number of amides is 1. The van der Waals surface area contributed by atoms with Crippen molar-refractivity contribution in [2.45, 2.75) is 25.4 Å². The third-order valence-corrected chi connectivity index (χ3v) is 4.45. The first-order chi connectivity index (χ1) is 10.2. The highest BCUT2D eigenvalue weighted by atomic mass is 79.9. The van der Waals surface area contributed by atoms with E-state index in [4.69, 9.17) is 5.73 Å². The second-order valence-electron chi connectivity index (χ2n) is 5.19. The van der Waals surface area contributed by atoms with Gasteiger partial charge >= 0.3 is 0 Å². The fourth-order valence-electron chi connectivity index (χ4n) is 2.29. The van der Waals surface area contributed by atoms with Crippen molar-refractivity contribution in [3.63, 3.8) is 0 Å². The predicted octanol–water partition coefficient (Wildman–Crippen LogP) is 3.23. The van der Waals surface area contributed by atoms with Crippen LogP contribution in [0.3, 0.4) is 0 Å². The van der Waals surface area contributed by atoms with Crippen LogP contribution in [0.2, 0.25) is 0 Å². The number of rotatable bonds is 4. The maximum absolute atomic E-state index is 12.8. The lowest BCUT2D eigenvalue weighted by Crippen LogP contribution is -2.33. The summed E-state index contributed by atoms with van der Waals surface area (Å²) in [5, 5.41) is 0. The predicted molar refractivity (Wildman–Crippen MR) is 85.7 cm³/mol. The van der Waals surface area contributed by atoms with Crippen LogP contribution in [0, 0.1) is 0 Å². The van der Waals surface area contributed by atoms with E-state index in [9.17, 15) is 4.79 Å². The Kier molecular flexibility index (Phi) is 3.92. The number of hydrogen-bond acceptors (Lipinski definition) is 3. The van der Waals surface area contributed by atoms with Crippen LogP contribution in [-0.2, 0) is 6.54 Å². The van der Waals surface area contributed by atoms with Crippen LogP contribution in [0.1, 0.15) is 28.9 Å². The number of nitrogens with zero attached hydrogens (tertiary/aromatic N) is 2. The molecule has 1 aromatic heterocycles. The van der Waals surface area contributed by atoms with E-state index in [0.717, 1.165) is 18.5 Å². The summed E-state index contributed by atoms with van der Waals surface area (Å²) in [6, 6.07) is 11.5. The smallest absolute Gasteiger partial charge is 0.255 e. The van der Waals surface area contributed by atoms with Crippen LogP contribution < -0.4 is 5.73 Å². The van der Waals surface area contributed by atoms with Crippen LogP contribution in [0.25, 0.3) is 0 Å². The Morgan fingerprint density at radius 1 is 1.29 bits per heavy atom. The lowest BCUT2D eigenvalue weighted by Gasteiger charge is -2.23. The molecule has 0 aliphatic heterocycles. The van der Waals surface area contributed by atoms with Gasteiger partial charge in [0.15, 0.2) is 0 Å². The molecular weight excluding hydrogens is 330 g/mol. The standard InChI is InChI=1S/C16H16BrN3O/c17-15-13(5-3-6-14(15)18)16(21)20(12-7-8-12)10-11-4-1-2-9-19-11/h1-6,9,12H,7-8,10,18H2. The van der Waals surface area contributed by atoms with Crippen LogP contribution in [0.15, 0.2) is 47.1 Å². The zero-order chi connectivity index (χ0) is 14.8. The number of carbonyl (C=O) groups is 1. The maximum Gasteiger partial charge on any atom is 0.255 e. The fraction of sp³-hybridized carbons (Fsp3) is 0.250. The third kappa shape index (κ3) is 3.08. The highest BCUT2D eigenvalue weighted by molar-refractivity contribution is 9.10. The average Bonchev–Trinajstić information content (AvgIpc) is 3.33. The fourth-order valence-corrected chi connectivity index (χ4v) is 2.72. The van der Waals surface area contributed by atoms with Crippen molar-refractivity contribution >= 4 is 27.5 Å². The van der Waals surface area contributed by atoms with Crippen molar-refractivity contribution in [3.05, 3.63) is 58.3 Å². The number of benzene rings is 1. The Morgan fingerprint density at radius 3 is 2.76 bits per heavy atom. The van der Waals surface area contributed by atoms with E-state index in [1.54, 1.807) is 24.4 Å². The normalized spacial score (nSPS) is 14.0. The molecule has 1 heterocycles. The zero-order valence-corrected chi connectivity index (χ0v) is 13.1. The van der Waals surface area contributed by atoms with E-state index in [0.29, 0.717) is 28.3 Å². The van der Waals surface area contributed by atoms with Crippen molar-refractivity contribution in [3.8, 4) is 0 Å². The highest BCUT2D eigenvalue weighted by Crippen LogP contribution is 2.32. The van der Waals surface area contributed by atoms with Gasteiger partial charge < -0.3 is 10.6 Å². The lowest BCUT2D eigenvalue weighted by atomic mass is 10.1. The van der Waals surface area contributed by atoms with Crippen LogP contribution in [0.4, 0.5) is 5.69 Å². The topological polar surface area (TPSA) is 59.2 Å². The molecule has 1 aromatic carbocycles. The highest BCUT2D eigenvalue weighted by Gasteiger charge is 2.34. The summed E-state index contributed by atoms with van der Waals surface area (Å²) in [5.74, 6) is 0.00216. The van der Waals surface area contributed by atoms with Crippen molar-refractivity contribution in [1.82, 2.24) is 9.88 Å². The summed E-state index contributed by atoms with van der Waals surface area (Å²) < 4.78 is 0.668. The first-order valence-corrected chi connectivity index (χ1v) is 7.71. The molecule has 0 unspecified atom stereocenters. The summed E-state index contributed by atoms with van der Waals surface area (Å²) >= 11 is 3.42. The van der Waals surface area contributed by atoms with E-state index in [-0.39, 0.29) is 5.91 Å². The van der Waals surface area contributed by atoms with E-state index in [1.165, 1.54) is 0 Å². The van der Waals surface area contributed by atoms with E-state index < -0.39 is 0 Å². The minimum atomic E-state index is 0.00216. The van der Waals surface area contributed by atoms with E-state index >= 15 is 0 Å². The van der Waals surface area contributed by atoms with Gasteiger partial charge in [-0.15, -0.1) is 0 Å².